The fraction of sp³-hybridized carbons (Fsp3) is 0.625. The summed E-state index contributed by atoms with van der Waals surface area (Å²) in [7, 11) is 0. The van der Waals surface area contributed by atoms with Crippen LogP contribution < -0.4 is 9.80 Å². The minimum absolute atomic E-state index is 0.880. The number of piperidine rings is 1. The molecule has 100 valence electrons. The van der Waals surface area contributed by atoms with Gasteiger partial charge in [-0.25, -0.2) is 0 Å². The van der Waals surface area contributed by atoms with Crippen molar-refractivity contribution in [2.75, 3.05) is 26.2 Å². The molecule has 18 heavy (non-hydrogen) atoms. The standard InChI is InChI=1S/C16H26N2/c1-3-17-12-10-16(11-13-17)18(4-2)14-15-8-6-5-7-9-15/h5-9,16H,3-4,10-14H2,1-2H3/p+2. The van der Waals surface area contributed by atoms with E-state index in [0.717, 1.165) is 6.04 Å². The SMILES string of the molecule is CC[NH+]1CCC([NH+](CC)Cc2ccccc2)CC1. The van der Waals surface area contributed by atoms with Crippen LogP contribution in [0.4, 0.5) is 0 Å². The molecule has 1 atom stereocenters. The molecule has 0 amide bonds. The van der Waals surface area contributed by atoms with Crippen molar-refractivity contribution in [2.24, 2.45) is 0 Å². The van der Waals surface area contributed by atoms with E-state index in [2.05, 4.69) is 44.2 Å². The predicted molar refractivity (Wildman–Crippen MR) is 75.9 cm³/mol. The summed E-state index contributed by atoms with van der Waals surface area (Å²) in [5.74, 6) is 0. The third kappa shape index (κ3) is 3.56. The Kier molecular flexibility index (Phi) is 5.21. The largest absolute Gasteiger partial charge is 0.335 e. The Labute approximate surface area is 112 Å². The van der Waals surface area contributed by atoms with Crippen molar-refractivity contribution in [1.82, 2.24) is 0 Å². The van der Waals surface area contributed by atoms with Gasteiger partial charge in [0.25, 0.3) is 0 Å². The van der Waals surface area contributed by atoms with E-state index < -0.39 is 0 Å². The lowest BCUT2D eigenvalue weighted by molar-refractivity contribution is -0.964. The normalized spacial score (nSPS) is 25.9. The number of hydrogen-bond acceptors (Lipinski definition) is 0. The van der Waals surface area contributed by atoms with Crippen molar-refractivity contribution in [3.8, 4) is 0 Å². The van der Waals surface area contributed by atoms with E-state index in [1.807, 2.05) is 0 Å². The molecule has 1 fully saturated rings. The number of hydrogen-bond donors (Lipinski definition) is 2. The summed E-state index contributed by atoms with van der Waals surface area (Å²) in [6.07, 6.45) is 2.80. The van der Waals surface area contributed by atoms with Gasteiger partial charge in [-0.1, -0.05) is 30.3 Å². The maximum absolute atomic E-state index is 2.33. The zero-order valence-electron chi connectivity index (χ0n) is 11.9. The lowest BCUT2D eigenvalue weighted by Gasteiger charge is -2.33. The van der Waals surface area contributed by atoms with Gasteiger partial charge in [0.1, 0.15) is 6.54 Å². The summed E-state index contributed by atoms with van der Waals surface area (Å²) >= 11 is 0. The van der Waals surface area contributed by atoms with Crippen LogP contribution in [0.3, 0.4) is 0 Å². The highest BCUT2D eigenvalue weighted by Crippen LogP contribution is 1.99. The molecule has 2 rings (SSSR count). The molecule has 1 aliphatic rings. The first-order valence-corrected chi connectivity index (χ1v) is 7.55. The van der Waals surface area contributed by atoms with Gasteiger partial charge < -0.3 is 9.80 Å². The topological polar surface area (TPSA) is 8.88 Å². The number of benzene rings is 1. The van der Waals surface area contributed by atoms with Crippen LogP contribution in [0.2, 0.25) is 0 Å². The Balaban J connectivity index is 1.89. The maximum Gasteiger partial charge on any atom is 0.103 e. The van der Waals surface area contributed by atoms with Crippen molar-refractivity contribution in [3.05, 3.63) is 35.9 Å². The third-order valence-corrected chi connectivity index (χ3v) is 4.50. The first-order valence-electron chi connectivity index (χ1n) is 7.55. The molecular weight excluding hydrogens is 220 g/mol. The summed E-state index contributed by atoms with van der Waals surface area (Å²) in [6, 6.07) is 11.8. The van der Waals surface area contributed by atoms with Gasteiger partial charge >= 0.3 is 0 Å². The quantitative estimate of drug-likeness (QED) is 0.734. The fourth-order valence-electron chi connectivity index (χ4n) is 3.20. The van der Waals surface area contributed by atoms with Crippen molar-refractivity contribution in [1.29, 1.82) is 0 Å². The van der Waals surface area contributed by atoms with Crippen LogP contribution in [0.25, 0.3) is 0 Å². The summed E-state index contributed by atoms with van der Waals surface area (Å²) < 4.78 is 0. The Hall–Kier alpha value is -0.860. The predicted octanol–water partition coefficient (Wildman–Crippen LogP) is 0.159. The zero-order chi connectivity index (χ0) is 12.8. The Morgan fingerprint density at radius 3 is 2.33 bits per heavy atom. The molecule has 0 aromatic heterocycles. The minimum Gasteiger partial charge on any atom is -0.335 e. The summed E-state index contributed by atoms with van der Waals surface area (Å²) in [5, 5.41) is 0. The third-order valence-electron chi connectivity index (χ3n) is 4.50. The molecule has 2 nitrogen and oxygen atoms in total. The van der Waals surface area contributed by atoms with E-state index in [9.17, 15) is 0 Å². The maximum atomic E-state index is 2.33. The number of nitrogens with one attached hydrogen (secondary N) is 2. The first-order chi connectivity index (χ1) is 8.83. The van der Waals surface area contributed by atoms with E-state index >= 15 is 0 Å². The van der Waals surface area contributed by atoms with Gasteiger partial charge in [-0.05, 0) is 13.8 Å². The van der Waals surface area contributed by atoms with Crippen LogP contribution in [0.5, 0.6) is 0 Å². The highest BCUT2D eigenvalue weighted by atomic mass is 15.2. The van der Waals surface area contributed by atoms with Crippen LogP contribution >= 0.6 is 0 Å². The van der Waals surface area contributed by atoms with Gasteiger partial charge in [-0.15, -0.1) is 0 Å². The average Bonchev–Trinajstić information content (AvgIpc) is 2.46. The second-order valence-electron chi connectivity index (χ2n) is 5.55. The van der Waals surface area contributed by atoms with E-state index in [0.29, 0.717) is 0 Å². The molecule has 1 unspecified atom stereocenters. The highest BCUT2D eigenvalue weighted by Gasteiger charge is 2.28. The van der Waals surface area contributed by atoms with Gasteiger partial charge in [0.2, 0.25) is 0 Å². The summed E-state index contributed by atoms with van der Waals surface area (Å²) in [5.41, 5.74) is 1.49. The van der Waals surface area contributed by atoms with Crippen LogP contribution in [0.15, 0.2) is 30.3 Å². The van der Waals surface area contributed by atoms with Crippen LogP contribution in [0, 0.1) is 0 Å². The van der Waals surface area contributed by atoms with Gasteiger partial charge in [0.05, 0.1) is 32.2 Å². The zero-order valence-corrected chi connectivity index (χ0v) is 11.9. The summed E-state index contributed by atoms with van der Waals surface area (Å²) in [4.78, 5) is 3.57. The fourth-order valence-corrected chi connectivity index (χ4v) is 3.20. The molecule has 1 saturated heterocycles. The molecule has 0 bridgehead atoms. The molecule has 1 heterocycles. The van der Waals surface area contributed by atoms with E-state index in [-0.39, 0.29) is 0 Å². The second kappa shape index (κ2) is 6.91. The smallest absolute Gasteiger partial charge is 0.103 e. The number of rotatable bonds is 5. The lowest BCUT2D eigenvalue weighted by atomic mass is 10.0. The molecular formula is C16H28N2+2. The average molecular weight is 248 g/mol. The molecule has 0 spiro atoms. The first kappa shape index (κ1) is 13.6. The van der Waals surface area contributed by atoms with Crippen molar-refractivity contribution in [2.45, 2.75) is 39.3 Å². The summed E-state index contributed by atoms with van der Waals surface area (Å²) in [6.45, 7) is 11.1. The van der Waals surface area contributed by atoms with Crippen molar-refractivity contribution in [3.63, 3.8) is 0 Å². The van der Waals surface area contributed by atoms with Crippen molar-refractivity contribution >= 4 is 0 Å². The van der Waals surface area contributed by atoms with E-state index in [1.165, 1.54) is 51.1 Å². The van der Waals surface area contributed by atoms with Crippen LogP contribution in [-0.4, -0.2) is 32.2 Å². The van der Waals surface area contributed by atoms with Crippen LogP contribution in [-0.2, 0) is 6.54 Å². The molecule has 1 aromatic carbocycles. The van der Waals surface area contributed by atoms with Gasteiger partial charge in [0, 0.05) is 18.4 Å². The van der Waals surface area contributed by atoms with Crippen LogP contribution in [0.1, 0.15) is 32.3 Å². The monoisotopic (exact) mass is 248 g/mol. The van der Waals surface area contributed by atoms with E-state index in [1.54, 1.807) is 9.80 Å². The number of quaternary nitrogens is 2. The van der Waals surface area contributed by atoms with Gasteiger partial charge in [0.15, 0.2) is 0 Å². The Bertz CT molecular complexity index is 328. The minimum atomic E-state index is 0.880. The molecule has 1 aromatic rings. The van der Waals surface area contributed by atoms with E-state index in [4.69, 9.17) is 0 Å². The molecule has 0 saturated carbocycles. The number of likely N-dealkylation sites (tertiary alicyclic amines) is 1. The molecule has 0 aliphatic carbocycles. The lowest BCUT2D eigenvalue weighted by Crippen LogP contribution is -3.19. The molecule has 0 radical (unpaired) electrons. The highest BCUT2D eigenvalue weighted by molar-refractivity contribution is 5.13. The Morgan fingerprint density at radius 2 is 1.78 bits per heavy atom. The van der Waals surface area contributed by atoms with Gasteiger partial charge in [-0.2, -0.15) is 0 Å². The Morgan fingerprint density at radius 1 is 1.11 bits per heavy atom. The van der Waals surface area contributed by atoms with Gasteiger partial charge in [-0.3, -0.25) is 0 Å². The molecule has 2 heteroatoms. The second-order valence-corrected chi connectivity index (χ2v) is 5.55. The molecule has 1 aliphatic heterocycles. The molecule has 2 N–H and O–H groups in total. The van der Waals surface area contributed by atoms with Crippen molar-refractivity contribution < 1.29 is 9.80 Å².